The first kappa shape index (κ1) is 17.8. The standard InChI is InChI=1S/C16H30N2O.ClH/c1-13(2)12-14(17)15(19)18-10-8-16(9-11-18)6-4-3-5-7-16;/h13-14H,3-12,17H2,1-2H3;1H/t14-;/m0./s1. The molecule has 4 heteroatoms. The van der Waals surface area contributed by atoms with E-state index in [4.69, 9.17) is 5.73 Å². The zero-order valence-electron chi connectivity index (χ0n) is 13.1. The molecule has 1 saturated heterocycles. The third kappa shape index (κ3) is 4.36. The van der Waals surface area contributed by atoms with Crippen LogP contribution in [0.3, 0.4) is 0 Å². The van der Waals surface area contributed by atoms with Gasteiger partial charge in [-0.25, -0.2) is 0 Å². The molecule has 1 heterocycles. The average molecular weight is 303 g/mol. The second-order valence-corrected chi connectivity index (χ2v) is 7.12. The Morgan fingerprint density at radius 1 is 1.10 bits per heavy atom. The molecule has 3 nitrogen and oxygen atoms in total. The zero-order chi connectivity index (χ0) is 13.9. The fraction of sp³-hybridized carbons (Fsp3) is 0.938. The van der Waals surface area contributed by atoms with Crippen molar-refractivity contribution in [2.45, 2.75) is 71.3 Å². The first-order chi connectivity index (χ1) is 9.02. The van der Waals surface area contributed by atoms with Crippen molar-refractivity contribution in [2.75, 3.05) is 13.1 Å². The van der Waals surface area contributed by atoms with E-state index in [1.54, 1.807) is 0 Å². The Bertz CT molecular complexity index is 304. The second kappa shape index (κ2) is 7.65. The van der Waals surface area contributed by atoms with Crippen molar-refractivity contribution >= 4 is 18.3 Å². The van der Waals surface area contributed by atoms with Crippen LogP contribution in [0, 0.1) is 11.3 Å². The Hall–Kier alpha value is -0.280. The van der Waals surface area contributed by atoms with Gasteiger partial charge >= 0.3 is 0 Å². The zero-order valence-corrected chi connectivity index (χ0v) is 13.9. The van der Waals surface area contributed by atoms with Crippen LogP contribution in [0.5, 0.6) is 0 Å². The highest BCUT2D eigenvalue weighted by Crippen LogP contribution is 2.44. The van der Waals surface area contributed by atoms with E-state index in [1.165, 1.54) is 44.9 Å². The Labute approximate surface area is 130 Å². The maximum absolute atomic E-state index is 12.3. The summed E-state index contributed by atoms with van der Waals surface area (Å²) in [5.41, 5.74) is 6.59. The quantitative estimate of drug-likeness (QED) is 0.869. The number of piperidine rings is 1. The van der Waals surface area contributed by atoms with Crippen molar-refractivity contribution in [3.63, 3.8) is 0 Å². The van der Waals surface area contributed by atoms with E-state index >= 15 is 0 Å². The van der Waals surface area contributed by atoms with Crippen molar-refractivity contribution in [3.05, 3.63) is 0 Å². The fourth-order valence-electron chi connectivity index (χ4n) is 3.85. The molecule has 1 amide bonds. The van der Waals surface area contributed by atoms with Crippen LogP contribution in [0.25, 0.3) is 0 Å². The van der Waals surface area contributed by atoms with Gasteiger partial charge in [0, 0.05) is 13.1 Å². The predicted octanol–water partition coefficient (Wildman–Crippen LogP) is 3.35. The summed E-state index contributed by atoms with van der Waals surface area (Å²) in [6.07, 6.45) is 10.2. The van der Waals surface area contributed by atoms with Crippen LogP contribution in [0.1, 0.15) is 65.2 Å². The van der Waals surface area contributed by atoms with Gasteiger partial charge in [-0.1, -0.05) is 33.1 Å². The number of halogens is 1. The Kier molecular flexibility index (Phi) is 6.80. The van der Waals surface area contributed by atoms with Crippen molar-refractivity contribution < 1.29 is 4.79 Å². The third-order valence-electron chi connectivity index (χ3n) is 5.09. The van der Waals surface area contributed by atoms with Gasteiger partial charge in [0.25, 0.3) is 0 Å². The molecule has 118 valence electrons. The lowest BCUT2D eigenvalue weighted by atomic mass is 9.68. The van der Waals surface area contributed by atoms with Gasteiger partial charge in [0.1, 0.15) is 0 Å². The summed E-state index contributed by atoms with van der Waals surface area (Å²) in [7, 11) is 0. The van der Waals surface area contributed by atoms with Crippen molar-refractivity contribution in [3.8, 4) is 0 Å². The number of rotatable bonds is 3. The number of hydrogen-bond donors (Lipinski definition) is 1. The number of amides is 1. The summed E-state index contributed by atoms with van der Waals surface area (Å²) in [6, 6.07) is -0.291. The van der Waals surface area contributed by atoms with Crippen LogP contribution >= 0.6 is 12.4 Å². The number of likely N-dealkylation sites (tertiary alicyclic amines) is 1. The minimum absolute atomic E-state index is 0. The molecule has 1 spiro atoms. The van der Waals surface area contributed by atoms with Gasteiger partial charge in [0.05, 0.1) is 6.04 Å². The molecule has 0 radical (unpaired) electrons. The summed E-state index contributed by atoms with van der Waals surface area (Å²) in [5.74, 6) is 0.674. The van der Waals surface area contributed by atoms with Gasteiger partial charge in [0.2, 0.25) is 5.91 Å². The van der Waals surface area contributed by atoms with Crippen molar-refractivity contribution in [1.82, 2.24) is 4.90 Å². The number of nitrogens with two attached hydrogens (primary N) is 1. The predicted molar refractivity (Wildman–Crippen MR) is 86.0 cm³/mol. The van der Waals surface area contributed by atoms with E-state index in [1.807, 2.05) is 4.90 Å². The van der Waals surface area contributed by atoms with E-state index in [9.17, 15) is 4.79 Å². The summed E-state index contributed by atoms with van der Waals surface area (Å²) in [4.78, 5) is 14.3. The molecule has 0 bridgehead atoms. The SMILES string of the molecule is CC(C)C[C@H](N)C(=O)N1CCC2(CCCCC2)CC1.Cl. The maximum Gasteiger partial charge on any atom is 0.239 e. The number of carbonyl (C=O) groups excluding carboxylic acids is 1. The molecule has 2 aliphatic rings. The van der Waals surface area contributed by atoms with E-state index in [0.29, 0.717) is 11.3 Å². The molecule has 2 rings (SSSR count). The topological polar surface area (TPSA) is 46.3 Å². The minimum atomic E-state index is -0.291. The lowest BCUT2D eigenvalue weighted by Crippen LogP contribution is -2.50. The van der Waals surface area contributed by atoms with Gasteiger partial charge in [0.15, 0.2) is 0 Å². The van der Waals surface area contributed by atoms with Gasteiger partial charge in [-0.05, 0) is 43.4 Å². The molecule has 2 fully saturated rings. The lowest BCUT2D eigenvalue weighted by Gasteiger charge is -2.44. The number of nitrogens with zero attached hydrogens (tertiary/aromatic N) is 1. The van der Waals surface area contributed by atoms with E-state index in [0.717, 1.165) is 19.5 Å². The maximum atomic E-state index is 12.3. The number of carbonyl (C=O) groups is 1. The Morgan fingerprint density at radius 3 is 2.15 bits per heavy atom. The molecule has 0 aromatic heterocycles. The lowest BCUT2D eigenvalue weighted by molar-refractivity contribution is -0.135. The molecular weight excluding hydrogens is 272 g/mol. The molecular formula is C16H31ClN2O. The first-order valence-electron chi connectivity index (χ1n) is 8.07. The summed E-state index contributed by atoms with van der Waals surface area (Å²) in [5, 5.41) is 0. The van der Waals surface area contributed by atoms with Crippen LogP contribution in [0.4, 0.5) is 0 Å². The molecule has 0 unspecified atom stereocenters. The fourth-order valence-corrected chi connectivity index (χ4v) is 3.85. The van der Waals surface area contributed by atoms with Crippen LogP contribution in [0.2, 0.25) is 0 Å². The molecule has 20 heavy (non-hydrogen) atoms. The highest BCUT2D eigenvalue weighted by Gasteiger charge is 2.37. The van der Waals surface area contributed by atoms with Crippen LogP contribution in [0.15, 0.2) is 0 Å². The summed E-state index contributed by atoms with van der Waals surface area (Å²) < 4.78 is 0. The average Bonchev–Trinajstić information content (AvgIpc) is 2.39. The minimum Gasteiger partial charge on any atom is -0.341 e. The van der Waals surface area contributed by atoms with Gasteiger partial charge in [-0.3, -0.25) is 4.79 Å². The summed E-state index contributed by atoms with van der Waals surface area (Å²) >= 11 is 0. The molecule has 1 saturated carbocycles. The molecule has 2 N–H and O–H groups in total. The van der Waals surface area contributed by atoms with E-state index in [-0.39, 0.29) is 24.4 Å². The normalized spacial score (nSPS) is 23.5. The monoisotopic (exact) mass is 302 g/mol. The van der Waals surface area contributed by atoms with Crippen molar-refractivity contribution in [1.29, 1.82) is 0 Å². The van der Waals surface area contributed by atoms with Gasteiger partial charge in [-0.15, -0.1) is 12.4 Å². The van der Waals surface area contributed by atoms with Gasteiger partial charge < -0.3 is 10.6 Å². The smallest absolute Gasteiger partial charge is 0.239 e. The molecule has 0 aromatic carbocycles. The van der Waals surface area contributed by atoms with E-state index in [2.05, 4.69) is 13.8 Å². The van der Waals surface area contributed by atoms with Crippen LogP contribution in [-0.2, 0) is 4.79 Å². The molecule has 1 aliphatic carbocycles. The van der Waals surface area contributed by atoms with Crippen molar-refractivity contribution in [2.24, 2.45) is 17.1 Å². The highest BCUT2D eigenvalue weighted by atomic mass is 35.5. The Balaban J connectivity index is 0.00000200. The third-order valence-corrected chi connectivity index (χ3v) is 5.09. The van der Waals surface area contributed by atoms with Crippen LogP contribution < -0.4 is 5.73 Å². The van der Waals surface area contributed by atoms with Crippen LogP contribution in [-0.4, -0.2) is 29.9 Å². The number of hydrogen-bond acceptors (Lipinski definition) is 2. The molecule has 0 aromatic rings. The summed E-state index contributed by atoms with van der Waals surface area (Å²) in [6.45, 7) is 6.12. The largest absolute Gasteiger partial charge is 0.341 e. The molecule has 1 atom stereocenters. The van der Waals surface area contributed by atoms with Gasteiger partial charge in [-0.2, -0.15) is 0 Å². The highest BCUT2D eigenvalue weighted by molar-refractivity contribution is 5.85. The Morgan fingerprint density at radius 2 is 1.65 bits per heavy atom. The van der Waals surface area contributed by atoms with E-state index < -0.39 is 0 Å². The first-order valence-corrected chi connectivity index (χ1v) is 8.07. The second-order valence-electron chi connectivity index (χ2n) is 7.12. The molecule has 1 aliphatic heterocycles.